The molecule has 2 aromatic heterocycles. The van der Waals surface area contributed by atoms with Crippen LogP contribution in [0.25, 0.3) is 21.9 Å². The van der Waals surface area contributed by atoms with Gasteiger partial charge in [-0.25, -0.2) is 4.39 Å². The Kier molecular flexibility index (Phi) is 10.3. The van der Waals surface area contributed by atoms with Gasteiger partial charge in [-0.1, -0.05) is 12.1 Å². The summed E-state index contributed by atoms with van der Waals surface area (Å²) in [5, 5.41) is 21.7. The Morgan fingerprint density at radius 1 is 0.778 bits per heavy atom. The summed E-state index contributed by atoms with van der Waals surface area (Å²) in [5.41, 5.74) is -1.56. The van der Waals surface area contributed by atoms with Gasteiger partial charge in [-0.05, 0) is 24.3 Å². The van der Waals surface area contributed by atoms with E-state index in [1.165, 1.54) is 36.4 Å². The van der Waals surface area contributed by atoms with Gasteiger partial charge in [0.15, 0.2) is 28.5 Å². The van der Waals surface area contributed by atoms with Gasteiger partial charge in [-0.2, -0.15) is 0 Å². The molecule has 36 heavy (non-hydrogen) atoms. The summed E-state index contributed by atoms with van der Waals surface area (Å²) >= 11 is 0. The standard InChI is InChI=1S/C23H15FO10.2Na/c24-11(9-31-14-3-1-5-16-20(14)12(25)7-18(33-16)22(27)28)10-32-15-4-2-6-17-21(15)13(26)8-19(34-17)23(29)30;;/h1-8,11H,9-10H2,(H,27,28)(H,29,30);;/q;2*+1/p-2/i24-1;;. The molecule has 0 saturated heterocycles. The summed E-state index contributed by atoms with van der Waals surface area (Å²) in [6.07, 6.45) is -1.71. The minimum atomic E-state index is -1.71. The van der Waals surface area contributed by atoms with Gasteiger partial charge in [0, 0.05) is 12.1 Å². The van der Waals surface area contributed by atoms with Crippen molar-refractivity contribution in [3.63, 3.8) is 0 Å². The molecule has 0 aliphatic rings. The largest absolute Gasteiger partial charge is 1.00 e. The predicted molar refractivity (Wildman–Crippen MR) is 110 cm³/mol. The van der Waals surface area contributed by atoms with E-state index in [1.807, 2.05) is 0 Å². The molecule has 2 aromatic carbocycles. The van der Waals surface area contributed by atoms with Crippen molar-refractivity contribution < 1.29 is 102 Å². The van der Waals surface area contributed by atoms with Crippen LogP contribution in [0.4, 0.5) is 4.39 Å². The molecule has 0 spiro atoms. The minimum absolute atomic E-state index is 0. The van der Waals surface area contributed by atoms with E-state index in [4.69, 9.17) is 18.3 Å². The Hall–Kier alpha value is -2.67. The Labute approximate surface area is 245 Å². The fourth-order valence-electron chi connectivity index (χ4n) is 3.21. The molecule has 0 bridgehead atoms. The molecule has 13 heteroatoms. The maximum atomic E-state index is 14.5. The second-order valence-electron chi connectivity index (χ2n) is 7.00. The third-order valence-electron chi connectivity index (χ3n) is 4.67. The van der Waals surface area contributed by atoms with E-state index in [-0.39, 0.29) is 92.6 Å². The number of fused-ring (bicyclic) bond motifs is 2. The zero-order valence-corrected chi connectivity index (χ0v) is 23.1. The number of carboxylic acids is 2. The third-order valence-corrected chi connectivity index (χ3v) is 4.67. The topological polar surface area (TPSA) is 159 Å². The summed E-state index contributed by atoms with van der Waals surface area (Å²) < 4.78 is 35.4. The fourth-order valence-corrected chi connectivity index (χ4v) is 3.21. The van der Waals surface area contributed by atoms with E-state index in [9.17, 15) is 33.8 Å². The van der Waals surface area contributed by atoms with Gasteiger partial charge in [0.05, 0.1) is 0 Å². The third kappa shape index (κ3) is 6.36. The number of hydrogen-bond acceptors (Lipinski definition) is 10. The predicted octanol–water partition coefficient (Wildman–Crippen LogP) is -5.57. The van der Waals surface area contributed by atoms with Crippen molar-refractivity contribution in [3.8, 4) is 11.5 Å². The van der Waals surface area contributed by atoms with Crippen LogP contribution >= 0.6 is 0 Å². The van der Waals surface area contributed by atoms with Crippen molar-refractivity contribution in [2.45, 2.75) is 6.17 Å². The van der Waals surface area contributed by atoms with Crippen LogP contribution in [0.1, 0.15) is 21.1 Å². The molecule has 0 saturated carbocycles. The van der Waals surface area contributed by atoms with Crippen LogP contribution in [0.3, 0.4) is 0 Å². The maximum absolute atomic E-state index is 14.5. The van der Waals surface area contributed by atoms with Crippen LogP contribution in [-0.2, 0) is 0 Å². The number of rotatable bonds is 8. The first-order valence-corrected chi connectivity index (χ1v) is 9.70. The molecule has 0 radical (unpaired) electrons. The molecule has 4 rings (SSSR count). The van der Waals surface area contributed by atoms with E-state index in [0.717, 1.165) is 12.1 Å². The van der Waals surface area contributed by atoms with Crippen molar-refractivity contribution >= 4 is 33.9 Å². The average Bonchev–Trinajstić information content (AvgIpc) is 2.80. The fraction of sp³-hybridized carbons (Fsp3) is 0.130. The molecule has 0 atom stereocenters. The number of benzene rings is 2. The maximum Gasteiger partial charge on any atom is 1.00 e. The second kappa shape index (κ2) is 12.5. The quantitative estimate of drug-likeness (QED) is 0.208. The molecule has 10 nitrogen and oxygen atoms in total. The van der Waals surface area contributed by atoms with Crippen LogP contribution in [0.2, 0.25) is 0 Å². The van der Waals surface area contributed by atoms with E-state index in [1.54, 1.807) is 0 Å². The van der Waals surface area contributed by atoms with Crippen molar-refractivity contribution in [2.75, 3.05) is 13.2 Å². The molecule has 0 unspecified atom stereocenters. The van der Waals surface area contributed by atoms with Crippen LogP contribution in [0.5, 0.6) is 11.5 Å². The Morgan fingerprint density at radius 3 is 1.53 bits per heavy atom. The molecule has 0 aliphatic carbocycles. The molecule has 174 valence electrons. The summed E-state index contributed by atoms with van der Waals surface area (Å²) in [6.45, 7) is -1.09. The first-order chi connectivity index (χ1) is 16.2. The van der Waals surface area contributed by atoms with Gasteiger partial charge in [-0.3, -0.25) is 9.59 Å². The zero-order chi connectivity index (χ0) is 24.4. The Morgan fingerprint density at radius 2 is 1.17 bits per heavy atom. The summed E-state index contributed by atoms with van der Waals surface area (Å²) in [5.74, 6) is -4.69. The average molecular weight is 513 g/mol. The van der Waals surface area contributed by atoms with Gasteiger partial charge in [0.25, 0.3) is 0 Å². The SMILES string of the molecule is O=C([O-])c1cc(=O)c2c(OCC([18F])COc3cccc4oc(C(=O)[O-])cc(=O)c34)cccc2o1.[Na+].[Na+]. The summed E-state index contributed by atoms with van der Waals surface area (Å²) in [7, 11) is 0. The molecular weight excluding hydrogens is 500 g/mol. The van der Waals surface area contributed by atoms with Crippen molar-refractivity contribution in [2.24, 2.45) is 0 Å². The number of carbonyl (C=O) groups excluding carboxylic acids is 2. The summed E-state index contributed by atoms with van der Waals surface area (Å²) in [4.78, 5) is 46.4. The molecule has 0 fully saturated rings. The number of alkyl halides is 1. The zero-order valence-electron chi connectivity index (χ0n) is 19.1. The molecular formula is C23H13FNa2O10. The van der Waals surface area contributed by atoms with Crippen LogP contribution < -0.4 is 89.7 Å². The normalized spacial score (nSPS) is 10.5. The van der Waals surface area contributed by atoms with Crippen LogP contribution in [0, 0.1) is 0 Å². The van der Waals surface area contributed by atoms with Crippen LogP contribution in [-0.4, -0.2) is 31.3 Å². The molecule has 0 amide bonds. The molecule has 0 aliphatic heterocycles. The van der Waals surface area contributed by atoms with Gasteiger partial charge in [-0.15, -0.1) is 0 Å². The smallest absolute Gasteiger partial charge is 0.542 e. The van der Waals surface area contributed by atoms with E-state index in [0.29, 0.717) is 0 Å². The van der Waals surface area contributed by atoms with E-state index < -0.39 is 53.7 Å². The minimum Gasteiger partial charge on any atom is -0.542 e. The number of ether oxygens (including phenoxy) is 2. The number of halogens is 1. The van der Waals surface area contributed by atoms with Gasteiger partial charge in [0.1, 0.15) is 58.6 Å². The first kappa shape index (κ1) is 29.6. The number of hydrogen-bond donors (Lipinski definition) is 0. The first-order valence-electron chi connectivity index (χ1n) is 9.70. The van der Waals surface area contributed by atoms with Gasteiger partial charge < -0.3 is 38.1 Å². The van der Waals surface area contributed by atoms with Crippen molar-refractivity contribution in [1.82, 2.24) is 0 Å². The molecule has 0 N–H and O–H groups in total. The van der Waals surface area contributed by atoms with Crippen molar-refractivity contribution in [3.05, 3.63) is 80.5 Å². The van der Waals surface area contributed by atoms with E-state index >= 15 is 0 Å². The van der Waals surface area contributed by atoms with Crippen LogP contribution in [0.15, 0.2) is 67.0 Å². The number of carboxylic acid groups (broad SMARTS) is 2. The number of carbonyl (C=O) groups is 2. The monoisotopic (exact) mass is 513 g/mol. The summed E-state index contributed by atoms with van der Waals surface area (Å²) in [6, 6.07) is 9.80. The van der Waals surface area contributed by atoms with Gasteiger partial charge in [0.2, 0.25) is 0 Å². The molecule has 2 heterocycles. The van der Waals surface area contributed by atoms with Crippen molar-refractivity contribution in [1.29, 1.82) is 0 Å². The Bertz CT molecular complexity index is 1430. The van der Waals surface area contributed by atoms with Gasteiger partial charge >= 0.3 is 59.1 Å². The second-order valence-corrected chi connectivity index (χ2v) is 7.00. The molecule has 4 aromatic rings. The number of aromatic carboxylic acids is 2. The van der Waals surface area contributed by atoms with E-state index in [2.05, 4.69) is 0 Å². The Balaban J connectivity index is 0.00000228.